The molecule has 1 amide bonds. The maximum Gasteiger partial charge on any atom is 0.226 e. The molecule has 0 bridgehead atoms. The molecular formula is C22H32N5O+. The summed E-state index contributed by atoms with van der Waals surface area (Å²) in [4.78, 5) is 16.9. The standard InChI is InChI=1S/C22H31N5O/c28-22(19-9-3-1-4-10-19)26(16-15-25-13-7-8-14-25)17-20-18-27(24-23-20)21-11-5-2-6-12-21/h2,5-6,11-12,18-19H,1,3-4,7-10,13-17H2/p+1. The Hall–Kier alpha value is -2.21. The van der Waals surface area contributed by atoms with Gasteiger partial charge < -0.3 is 9.80 Å². The predicted octanol–water partition coefficient (Wildman–Crippen LogP) is 1.85. The van der Waals surface area contributed by atoms with Crippen LogP contribution in [-0.2, 0) is 11.3 Å². The highest BCUT2D eigenvalue weighted by Crippen LogP contribution is 2.25. The number of hydrogen-bond acceptors (Lipinski definition) is 3. The fourth-order valence-electron chi connectivity index (χ4n) is 4.57. The molecule has 0 unspecified atom stereocenters. The number of hydrogen-bond donors (Lipinski definition) is 1. The highest BCUT2D eigenvalue weighted by molar-refractivity contribution is 5.78. The van der Waals surface area contributed by atoms with E-state index in [1.54, 1.807) is 9.58 Å². The summed E-state index contributed by atoms with van der Waals surface area (Å²) in [5.74, 6) is 0.527. The van der Waals surface area contributed by atoms with E-state index in [2.05, 4.69) is 15.2 Å². The van der Waals surface area contributed by atoms with Gasteiger partial charge in [-0.25, -0.2) is 4.68 Å². The Labute approximate surface area is 167 Å². The van der Waals surface area contributed by atoms with Crippen LogP contribution >= 0.6 is 0 Å². The SMILES string of the molecule is O=C(C1CCCCC1)N(CC[NH+]1CCCC1)Cc1cn(-c2ccccc2)nn1. The molecule has 1 aliphatic heterocycles. The molecule has 1 aliphatic carbocycles. The lowest BCUT2D eigenvalue weighted by molar-refractivity contribution is -0.886. The second-order valence-electron chi connectivity index (χ2n) is 8.29. The van der Waals surface area contributed by atoms with Crippen molar-refractivity contribution in [3.63, 3.8) is 0 Å². The van der Waals surface area contributed by atoms with Gasteiger partial charge in [0.2, 0.25) is 5.91 Å². The zero-order chi connectivity index (χ0) is 19.2. The van der Waals surface area contributed by atoms with E-state index in [4.69, 9.17) is 0 Å². The lowest BCUT2D eigenvalue weighted by atomic mass is 9.88. The summed E-state index contributed by atoms with van der Waals surface area (Å²) in [5, 5.41) is 8.62. The zero-order valence-electron chi connectivity index (χ0n) is 16.7. The van der Waals surface area contributed by atoms with Crippen LogP contribution in [0.4, 0.5) is 0 Å². The molecule has 2 fully saturated rings. The Balaban J connectivity index is 1.44. The van der Waals surface area contributed by atoms with E-state index in [1.165, 1.54) is 45.2 Å². The van der Waals surface area contributed by atoms with Crippen molar-refractivity contribution < 1.29 is 9.69 Å². The number of benzene rings is 1. The van der Waals surface area contributed by atoms with E-state index in [-0.39, 0.29) is 5.92 Å². The molecule has 0 radical (unpaired) electrons. The van der Waals surface area contributed by atoms with Gasteiger partial charge in [0, 0.05) is 18.8 Å². The summed E-state index contributed by atoms with van der Waals surface area (Å²) < 4.78 is 1.80. The van der Waals surface area contributed by atoms with Crippen molar-refractivity contribution in [1.82, 2.24) is 19.9 Å². The number of para-hydroxylation sites is 1. The lowest BCUT2D eigenvalue weighted by Gasteiger charge is -2.29. The van der Waals surface area contributed by atoms with Crippen molar-refractivity contribution in [1.29, 1.82) is 0 Å². The molecule has 150 valence electrons. The second-order valence-corrected chi connectivity index (χ2v) is 8.29. The number of nitrogens with zero attached hydrogens (tertiary/aromatic N) is 4. The van der Waals surface area contributed by atoms with Crippen molar-refractivity contribution in [2.24, 2.45) is 5.92 Å². The quantitative estimate of drug-likeness (QED) is 0.795. The van der Waals surface area contributed by atoms with Crippen LogP contribution in [0.15, 0.2) is 36.5 Å². The van der Waals surface area contributed by atoms with Crippen molar-refractivity contribution in [3.8, 4) is 5.69 Å². The van der Waals surface area contributed by atoms with Crippen molar-refractivity contribution in [2.75, 3.05) is 26.2 Å². The van der Waals surface area contributed by atoms with Gasteiger partial charge in [0.05, 0.1) is 44.6 Å². The van der Waals surface area contributed by atoms with Gasteiger partial charge in [-0.3, -0.25) is 4.79 Å². The zero-order valence-corrected chi connectivity index (χ0v) is 16.7. The van der Waals surface area contributed by atoms with Gasteiger partial charge in [-0.1, -0.05) is 42.7 Å². The Morgan fingerprint density at radius 1 is 1.07 bits per heavy atom. The lowest BCUT2D eigenvalue weighted by Crippen LogP contribution is -3.10. The first kappa shape index (κ1) is 19.1. The maximum absolute atomic E-state index is 13.2. The molecule has 1 saturated carbocycles. The van der Waals surface area contributed by atoms with Crippen LogP contribution in [0.1, 0.15) is 50.6 Å². The second kappa shape index (κ2) is 9.32. The average molecular weight is 383 g/mol. The molecule has 28 heavy (non-hydrogen) atoms. The molecule has 1 aromatic carbocycles. The minimum atomic E-state index is 0.200. The van der Waals surface area contributed by atoms with Crippen LogP contribution in [0.25, 0.3) is 5.69 Å². The number of quaternary nitrogens is 1. The summed E-state index contributed by atoms with van der Waals surface area (Å²) in [6, 6.07) is 10.0. The van der Waals surface area contributed by atoms with Crippen LogP contribution in [0, 0.1) is 5.92 Å². The van der Waals surface area contributed by atoms with E-state index in [1.807, 2.05) is 36.5 Å². The molecular weight excluding hydrogens is 350 g/mol. The van der Waals surface area contributed by atoms with Crippen LogP contribution in [-0.4, -0.2) is 52.0 Å². The van der Waals surface area contributed by atoms with Gasteiger partial charge in [0.25, 0.3) is 0 Å². The van der Waals surface area contributed by atoms with E-state index in [0.717, 1.165) is 37.3 Å². The molecule has 2 heterocycles. The van der Waals surface area contributed by atoms with Gasteiger partial charge >= 0.3 is 0 Å². The Bertz CT molecular complexity index is 747. The monoisotopic (exact) mass is 382 g/mol. The van der Waals surface area contributed by atoms with Gasteiger partial charge in [-0.2, -0.15) is 0 Å². The topological polar surface area (TPSA) is 55.5 Å². The van der Waals surface area contributed by atoms with Gasteiger partial charge in [0.1, 0.15) is 5.69 Å². The van der Waals surface area contributed by atoms with Crippen LogP contribution in [0.2, 0.25) is 0 Å². The fourth-order valence-corrected chi connectivity index (χ4v) is 4.57. The first-order valence-corrected chi connectivity index (χ1v) is 10.9. The number of carbonyl (C=O) groups is 1. The first-order valence-electron chi connectivity index (χ1n) is 10.9. The van der Waals surface area contributed by atoms with Crippen LogP contribution in [0.5, 0.6) is 0 Å². The highest BCUT2D eigenvalue weighted by atomic mass is 16.2. The van der Waals surface area contributed by atoms with Crippen LogP contribution < -0.4 is 4.90 Å². The number of carbonyl (C=O) groups excluding carboxylic acids is 1. The van der Waals surface area contributed by atoms with E-state index < -0.39 is 0 Å². The van der Waals surface area contributed by atoms with E-state index in [9.17, 15) is 4.79 Å². The Kier molecular flexibility index (Phi) is 6.37. The summed E-state index contributed by atoms with van der Waals surface area (Å²) >= 11 is 0. The minimum Gasteiger partial charge on any atom is -0.333 e. The summed E-state index contributed by atoms with van der Waals surface area (Å²) in [7, 11) is 0. The summed E-state index contributed by atoms with van der Waals surface area (Å²) in [6.07, 6.45) is 10.3. The Morgan fingerprint density at radius 3 is 2.57 bits per heavy atom. The summed E-state index contributed by atoms with van der Waals surface area (Å²) in [5.41, 5.74) is 1.86. The van der Waals surface area contributed by atoms with E-state index in [0.29, 0.717) is 12.5 Å². The average Bonchev–Trinajstić information content (AvgIpc) is 3.44. The molecule has 6 heteroatoms. The molecule has 4 rings (SSSR count). The molecule has 1 saturated heterocycles. The largest absolute Gasteiger partial charge is 0.333 e. The molecule has 2 aromatic rings. The maximum atomic E-state index is 13.2. The normalized spacial score (nSPS) is 18.4. The predicted molar refractivity (Wildman–Crippen MR) is 108 cm³/mol. The smallest absolute Gasteiger partial charge is 0.226 e. The van der Waals surface area contributed by atoms with Crippen LogP contribution in [0.3, 0.4) is 0 Å². The first-order chi connectivity index (χ1) is 13.8. The third-order valence-electron chi connectivity index (χ3n) is 6.23. The van der Waals surface area contributed by atoms with Gasteiger partial charge in [-0.05, 0) is 25.0 Å². The van der Waals surface area contributed by atoms with E-state index >= 15 is 0 Å². The fraction of sp³-hybridized carbons (Fsp3) is 0.591. The number of likely N-dealkylation sites (tertiary alicyclic amines) is 1. The molecule has 6 nitrogen and oxygen atoms in total. The Morgan fingerprint density at radius 2 is 1.82 bits per heavy atom. The third kappa shape index (κ3) is 4.79. The number of nitrogens with one attached hydrogen (secondary N) is 1. The molecule has 0 spiro atoms. The molecule has 1 N–H and O–H groups in total. The number of amides is 1. The number of aromatic nitrogens is 3. The molecule has 0 atom stereocenters. The minimum absolute atomic E-state index is 0.200. The third-order valence-corrected chi connectivity index (χ3v) is 6.23. The van der Waals surface area contributed by atoms with Gasteiger partial charge in [0.15, 0.2) is 0 Å². The number of rotatable bonds is 7. The highest BCUT2D eigenvalue weighted by Gasteiger charge is 2.28. The summed E-state index contributed by atoms with van der Waals surface area (Å²) in [6.45, 7) is 4.93. The molecule has 2 aliphatic rings. The van der Waals surface area contributed by atoms with Crippen molar-refractivity contribution >= 4 is 5.91 Å². The van der Waals surface area contributed by atoms with Gasteiger partial charge in [-0.15, -0.1) is 5.10 Å². The van der Waals surface area contributed by atoms with Crippen molar-refractivity contribution in [2.45, 2.75) is 51.5 Å². The van der Waals surface area contributed by atoms with Crippen molar-refractivity contribution in [3.05, 3.63) is 42.2 Å². The molecule has 1 aromatic heterocycles.